The number of carbonyl (C=O) groups is 1. The van der Waals surface area contributed by atoms with E-state index < -0.39 is 21.5 Å². The fourth-order valence-electron chi connectivity index (χ4n) is 3.60. The number of aryl methyl sites for hydroxylation is 2. The minimum atomic E-state index is -3.83. The summed E-state index contributed by atoms with van der Waals surface area (Å²) in [4.78, 5) is 25.1. The predicted molar refractivity (Wildman–Crippen MR) is 144 cm³/mol. The summed E-state index contributed by atoms with van der Waals surface area (Å²) in [7, 11) is -3.83. The van der Waals surface area contributed by atoms with Gasteiger partial charge in [0.05, 0.1) is 16.5 Å². The molecule has 11 heteroatoms. The number of rotatable bonds is 12. The molecule has 0 bridgehead atoms. The standard InChI is InChI=1S/C26H28Cl2N2O6S/c1-2-18-5-3-6-21(15-18)36-17-24-22(27)16-23(28)26(33)30(24)12-11-19-7-9-20(10-8-19)25(32)29-37(34,35)14-4-13-31/h3,5-10,15-16,31H,2,4,11-14,17H2,1H3,(H,29,32). The van der Waals surface area contributed by atoms with E-state index in [1.54, 1.807) is 12.1 Å². The number of sulfonamides is 1. The Morgan fingerprint density at radius 1 is 1.05 bits per heavy atom. The number of halogens is 2. The number of ether oxygens (including phenoxy) is 1. The Hall–Kier alpha value is -2.85. The van der Waals surface area contributed by atoms with Crippen LogP contribution in [0.25, 0.3) is 0 Å². The van der Waals surface area contributed by atoms with E-state index in [-0.39, 0.29) is 42.5 Å². The quantitative estimate of drug-likeness (QED) is 0.342. The molecule has 37 heavy (non-hydrogen) atoms. The summed E-state index contributed by atoms with van der Waals surface area (Å²) in [5, 5.41) is 9.10. The average molecular weight is 567 g/mol. The Morgan fingerprint density at radius 2 is 1.78 bits per heavy atom. The molecule has 3 rings (SSSR count). The van der Waals surface area contributed by atoms with Crippen LogP contribution >= 0.6 is 23.2 Å². The van der Waals surface area contributed by atoms with Crippen LogP contribution in [-0.2, 0) is 36.0 Å². The molecule has 0 aliphatic carbocycles. The molecule has 0 saturated carbocycles. The second-order valence-corrected chi connectivity index (χ2v) is 11.0. The van der Waals surface area contributed by atoms with Gasteiger partial charge in [-0.25, -0.2) is 13.1 Å². The molecule has 0 fully saturated rings. The summed E-state index contributed by atoms with van der Waals surface area (Å²) < 4.78 is 33.1. The van der Waals surface area contributed by atoms with Crippen LogP contribution in [0.15, 0.2) is 59.4 Å². The molecule has 0 aliphatic heterocycles. The Balaban J connectivity index is 1.72. The number of aliphatic hydroxyl groups excluding tert-OH is 1. The Kier molecular flexibility index (Phi) is 10.2. The smallest absolute Gasteiger partial charge is 0.269 e. The van der Waals surface area contributed by atoms with Gasteiger partial charge in [-0.2, -0.15) is 0 Å². The van der Waals surface area contributed by atoms with E-state index in [4.69, 9.17) is 33.0 Å². The maximum Gasteiger partial charge on any atom is 0.269 e. The minimum absolute atomic E-state index is 0.00356. The highest BCUT2D eigenvalue weighted by Crippen LogP contribution is 2.22. The van der Waals surface area contributed by atoms with Crippen molar-refractivity contribution in [1.29, 1.82) is 0 Å². The Bertz CT molecular complexity index is 1410. The van der Waals surface area contributed by atoms with Crippen molar-refractivity contribution in [2.24, 2.45) is 0 Å². The summed E-state index contributed by atoms with van der Waals surface area (Å²) in [5.41, 5.74) is 2.20. The summed E-state index contributed by atoms with van der Waals surface area (Å²) in [5.74, 6) is -0.439. The van der Waals surface area contributed by atoms with Crippen molar-refractivity contribution in [3.63, 3.8) is 0 Å². The van der Waals surface area contributed by atoms with Gasteiger partial charge in [-0.05, 0) is 60.7 Å². The van der Waals surface area contributed by atoms with E-state index in [9.17, 15) is 18.0 Å². The van der Waals surface area contributed by atoms with Crippen molar-refractivity contribution in [2.75, 3.05) is 12.4 Å². The molecule has 1 heterocycles. The van der Waals surface area contributed by atoms with Crippen LogP contribution in [0, 0.1) is 0 Å². The maximum absolute atomic E-state index is 12.8. The van der Waals surface area contributed by atoms with Crippen molar-refractivity contribution >= 4 is 39.1 Å². The van der Waals surface area contributed by atoms with E-state index >= 15 is 0 Å². The third-order valence-corrected chi connectivity index (χ3v) is 7.57. The molecule has 0 atom stereocenters. The lowest BCUT2D eigenvalue weighted by molar-refractivity contribution is 0.0981. The zero-order valence-corrected chi connectivity index (χ0v) is 22.6. The van der Waals surface area contributed by atoms with Gasteiger partial charge in [0.15, 0.2) is 0 Å². The number of benzene rings is 2. The average Bonchev–Trinajstić information content (AvgIpc) is 2.88. The fraction of sp³-hybridized carbons (Fsp3) is 0.308. The second kappa shape index (κ2) is 13.1. The zero-order valence-electron chi connectivity index (χ0n) is 20.2. The summed E-state index contributed by atoms with van der Waals surface area (Å²) >= 11 is 12.5. The van der Waals surface area contributed by atoms with Gasteiger partial charge in [0.1, 0.15) is 17.4 Å². The molecular formula is C26H28Cl2N2O6S. The first kappa shape index (κ1) is 28.7. The summed E-state index contributed by atoms with van der Waals surface area (Å²) in [6.07, 6.45) is 1.32. The highest BCUT2D eigenvalue weighted by molar-refractivity contribution is 7.90. The van der Waals surface area contributed by atoms with Crippen LogP contribution in [0.4, 0.5) is 0 Å². The molecule has 1 aromatic heterocycles. The van der Waals surface area contributed by atoms with Gasteiger partial charge < -0.3 is 14.4 Å². The monoisotopic (exact) mass is 566 g/mol. The van der Waals surface area contributed by atoms with Crippen molar-refractivity contribution in [3.8, 4) is 5.75 Å². The van der Waals surface area contributed by atoms with Crippen molar-refractivity contribution in [2.45, 2.75) is 39.3 Å². The van der Waals surface area contributed by atoms with Crippen molar-refractivity contribution < 1.29 is 23.1 Å². The highest BCUT2D eigenvalue weighted by atomic mass is 35.5. The minimum Gasteiger partial charge on any atom is -0.487 e. The van der Waals surface area contributed by atoms with Crippen molar-refractivity contribution in [3.05, 3.63) is 97.4 Å². The summed E-state index contributed by atoms with van der Waals surface area (Å²) in [6, 6.07) is 15.4. The van der Waals surface area contributed by atoms with E-state index in [1.165, 1.54) is 22.8 Å². The third-order valence-electron chi connectivity index (χ3n) is 5.65. The Morgan fingerprint density at radius 3 is 2.46 bits per heavy atom. The normalized spacial score (nSPS) is 11.4. The van der Waals surface area contributed by atoms with Crippen LogP contribution in [0.1, 0.15) is 40.5 Å². The van der Waals surface area contributed by atoms with Gasteiger partial charge in [-0.3, -0.25) is 9.59 Å². The van der Waals surface area contributed by atoms with Gasteiger partial charge in [-0.1, -0.05) is 54.4 Å². The lowest BCUT2D eigenvalue weighted by Gasteiger charge is -2.16. The zero-order chi connectivity index (χ0) is 27.0. The van der Waals surface area contributed by atoms with Crippen LogP contribution in [0.5, 0.6) is 5.75 Å². The molecule has 0 unspecified atom stereocenters. The van der Waals surface area contributed by atoms with Gasteiger partial charge >= 0.3 is 0 Å². The molecule has 0 aliphatic rings. The van der Waals surface area contributed by atoms with E-state index in [2.05, 4.69) is 0 Å². The van der Waals surface area contributed by atoms with E-state index in [0.29, 0.717) is 22.9 Å². The molecule has 0 saturated heterocycles. The van der Waals surface area contributed by atoms with Crippen LogP contribution in [0.3, 0.4) is 0 Å². The van der Waals surface area contributed by atoms with Crippen molar-refractivity contribution in [1.82, 2.24) is 9.29 Å². The van der Waals surface area contributed by atoms with Crippen LogP contribution in [0.2, 0.25) is 10.0 Å². The SMILES string of the molecule is CCc1cccc(OCc2c(Cl)cc(Cl)c(=O)n2CCc2ccc(C(=O)NS(=O)(=O)CCCO)cc2)c1. The van der Waals surface area contributed by atoms with Gasteiger partial charge in [0.25, 0.3) is 11.5 Å². The number of aromatic nitrogens is 1. The summed E-state index contributed by atoms with van der Waals surface area (Å²) in [6.45, 7) is 2.09. The lowest BCUT2D eigenvalue weighted by Crippen LogP contribution is -2.32. The van der Waals surface area contributed by atoms with E-state index in [0.717, 1.165) is 17.5 Å². The maximum atomic E-state index is 12.8. The van der Waals surface area contributed by atoms with Crippen LogP contribution in [-0.4, -0.2) is 36.4 Å². The molecular weight excluding hydrogens is 539 g/mol. The molecule has 198 valence electrons. The van der Waals surface area contributed by atoms with E-state index in [1.807, 2.05) is 35.9 Å². The number of nitrogens with zero attached hydrogens (tertiary/aromatic N) is 1. The molecule has 3 aromatic rings. The molecule has 2 aromatic carbocycles. The van der Waals surface area contributed by atoms with Gasteiger partial charge in [0.2, 0.25) is 10.0 Å². The number of hydrogen-bond acceptors (Lipinski definition) is 6. The van der Waals surface area contributed by atoms with Gasteiger partial charge in [-0.15, -0.1) is 0 Å². The number of pyridine rings is 1. The number of nitrogens with one attached hydrogen (secondary N) is 1. The first-order valence-corrected chi connectivity index (χ1v) is 14.1. The van der Waals surface area contributed by atoms with Crippen LogP contribution < -0.4 is 15.0 Å². The number of aliphatic hydroxyl groups is 1. The molecule has 8 nitrogen and oxygen atoms in total. The first-order chi connectivity index (χ1) is 17.6. The fourth-order valence-corrected chi connectivity index (χ4v) is 5.14. The number of amides is 1. The molecule has 1 amide bonds. The second-order valence-electron chi connectivity index (χ2n) is 8.31. The first-order valence-electron chi connectivity index (χ1n) is 11.7. The Labute approximate surface area is 225 Å². The number of carbonyl (C=O) groups excluding carboxylic acids is 1. The molecule has 0 spiro atoms. The lowest BCUT2D eigenvalue weighted by atomic mass is 10.1. The number of hydrogen-bond donors (Lipinski definition) is 2. The van der Waals surface area contributed by atoms with Gasteiger partial charge in [0, 0.05) is 18.7 Å². The predicted octanol–water partition coefficient (Wildman–Crippen LogP) is 3.98. The highest BCUT2D eigenvalue weighted by Gasteiger charge is 2.17. The topological polar surface area (TPSA) is 115 Å². The largest absolute Gasteiger partial charge is 0.487 e. The molecule has 2 N–H and O–H groups in total. The third kappa shape index (κ3) is 8.07. The molecule has 0 radical (unpaired) electrons.